The number of hydrogen-bond acceptors (Lipinski definition) is 4. The van der Waals surface area contributed by atoms with Gasteiger partial charge in [0.1, 0.15) is 12.4 Å². The summed E-state index contributed by atoms with van der Waals surface area (Å²) in [6, 6.07) is 6.91. The van der Waals surface area contributed by atoms with E-state index in [1.54, 1.807) is 12.1 Å². The van der Waals surface area contributed by atoms with Crippen LogP contribution >= 0.6 is 0 Å². The van der Waals surface area contributed by atoms with Crippen LogP contribution in [0.1, 0.15) is 27.9 Å². The van der Waals surface area contributed by atoms with Gasteiger partial charge in [-0.15, -0.1) is 0 Å². The fourth-order valence-corrected chi connectivity index (χ4v) is 1.43. The largest absolute Gasteiger partial charge is 0.465 e. The molecule has 0 amide bonds. The molecule has 0 saturated heterocycles. The zero-order valence-electron chi connectivity index (χ0n) is 8.90. The molecule has 82 valence electrons. The second kappa shape index (κ2) is 5.66. The molecule has 0 aliphatic carbocycles. The number of esters is 1. The van der Waals surface area contributed by atoms with Crippen molar-refractivity contribution in [3.63, 3.8) is 0 Å². The number of hydrogen-bond donors (Lipinski definition) is 0. The van der Waals surface area contributed by atoms with Crippen LogP contribution in [0.15, 0.2) is 18.2 Å². The Labute approximate surface area is 93.5 Å². The average Bonchev–Trinajstić information content (AvgIpc) is 2.34. The zero-order valence-corrected chi connectivity index (χ0v) is 8.90. The van der Waals surface area contributed by atoms with Crippen LogP contribution in [0, 0.1) is 11.3 Å². The van der Waals surface area contributed by atoms with Crippen LogP contribution in [0.3, 0.4) is 0 Å². The molecular formula is C12H11NO3. The summed E-state index contributed by atoms with van der Waals surface area (Å²) in [4.78, 5) is 21.7. The van der Waals surface area contributed by atoms with Gasteiger partial charge in [-0.25, -0.2) is 4.79 Å². The van der Waals surface area contributed by atoms with Gasteiger partial charge in [0.2, 0.25) is 0 Å². The number of carbonyl (C=O) groups excluding carboxylic acids is 2. The summed E-state index contributed by atoms with van der Waals surface area (Å²) in [5.41, 5.74) is 1.22. The van der Waals surface area contributed by atoms with Gasteiger partial charge in [-0.1, -0.05) is 12.1 Å². The van der Waals surface area contributed by atoms with Crippen molar-refractivity contribution in [3.05, 3.63) is 34.9 Å². The number of benzene rings is 1. The molecule has 4 nitrogen and oxygen atoms in total. The summed E-state index contributed by atoms with van der Waals surface area (Å²) >= 11 is 0. The third-order valence-corrected chi connectivity index (χ3v) is 2.20. The minimum absolute atomic E-state index is 0.244. The van der Waals surface area contributed by atoms with E-state index in [1.807, 2.05) is 6.07 Å². The highest BCUT2D eigenvalue weighted by atomic mass is 16.5. The van der Waals surface area contributed by atoms with Crippen molar-refractivity contribution in [1.82, 2.24) is 0 Å². The Morgan fingerprint density at radius 1 is 1.56 bits per heavy atom. The molecule has 0 aliphatic rings. The number of carbonyl (C=O) groups is 2. The van der Waals surface area contributed by atoms with E-state index in [2.05, 4.69) is 4.74 Å². The molecule has 0 fully saturated rings. The van der Waals surface area contributed by atoms with Crippen molar-refractivity contribution in [2.75, 3.05) is 7.11 Å². The molecular weight excluding hydrogens is 206 g/mol. The lowest BCUT2D eigenvalue weighted by Crippen LogP contribution is -2.06. The van der Waals surface area contributed by atoms with Crippen LogP contribution < -0.4 is 0 Å². The molecule has 16 heavy (non-hydrogen) atoms. The number of methoxy groups -OCH3 is 1. The van der Waals surface area contributed by atoms with Gasteiger partial charge < -0.3 is 9.53 Å². The van der Waals surface area contributed by atoms with Gasteiger partial charge in [-0.3, -0.25) is 0 Å². The van der Waals surface area contributed by atoms with E-state index in [0.29, 0.717) is 18.4 Å². The molecule has 0 spiro atoms. The van der Waals surface area contributed by atoms with Crippen molar-refractivity contribution >= 4 is 12.3 Å². The predicted octanol–water partition coefficient (Wildman–Crippen LogP) is 1.48. The Morgan fingerprint density at radius 2 is 2.31 bits per heavy atom. The molecule has 0 saturated carbocycles. The summed E-state index contributed by atoms with van der Waals surface area (Å²) in [5, 5.41) is 9.00. The molecule has 1 aromatic rings. The second-order valence-electron chi connectivity index (χ2n) is 3.15. The van der Waals surface area contributed by atoms with E-state index in [1.165, 1.54) is 13.2 Å². The summed E-state index contributed by atoms with van der Waals surface area (Å²) < 4.78 is 4.58. The fourth-order valence-electron chi connectivity index (χ4n) is 1.43. The summed E-state index contributed by atoms with van der Waals surface area (Å²) in [7, 11) is 1.27. The molecule has 0 heterocycles. The first-order valence-electron chi connectivity index (χ1n) is 4.78. The summed E-state index contributed by atoms with van der Waals surface area (Å²) in [5.74, 6) is -0.537. The summed E-state index contributed by atoms with van der Waals surface area (Å²) in [6.07, 6.45) is 1.57. The number of aryl methyl sites for hydroxylation is 1. The van der Waals surface area contributed by atoms with Crippen molar-refractivity contribution in [2.45, 2.75) is 12.8 Å². The van der Waals surface area contributed by atoms with Crippen molar-refractivity contribution in [2.24, 2.45) is 0 Å². The third-order valence-electron chi connectivity index (χ3n) is 2.20. The van der Waals surface area contributed by atoms with Crippen LogP contribution in [0.4, 0.5) is 0 Å². The Morgan fingerprint density at radius 3 is 2.88 bits per heavy atom. The average molecular weight is 217 g/mol. The Kier molecular flexibility index (Phi) is 4.22. The van der Waals surface area contributed by atoms with Gasteiger partial charge in [0.25, 0.3) is 0 Å². The molecule has 0 unspecified atom stereocenters. The van der Waals surface area contributed by atoms with Gasteiger partial charge in [-0.05, 0) is 18.1 Å². The topological polar surface area (TPSA) is 67.2 Å². The maximum absolute atomic E-state index is 11.4. The minimum Gasteiger partial charge on any atom is -0.465 e. The van der Waals surface area contributed by atoms with Gasteiger partial charge >= 0.3 is 5.97 Å². The predicted molar refractivity (Wildman–Crippen MR) is 56.9 cm³/mol. The maximum Gasteiger partial charge on any atom is 0.339 e. The summed E-state index contributed by atoms with van der Waals surface area (Å²) in [6.45, 7) is 0. The number of ether oxygens (including phenoxy) is 1. The molecule has 4 heteroatoms. The Balaban J connectivity index is 3.16. The first kappa shape index (κ1) is 11.9. The number of aldehydes is 1. The lowest BCUT2D eigenvalue weighted by Gasteiger charge is -2.06. The van der Waals surface area contributed by atoms with E-state index in [0.717, 1.165) is 6.29 Å². The van der Waals surface area contributed by atoms with Crippen LogP contribution in [-0.2, 0) is 16.0 Å². The Hall–Kier alpha value is -2.15. The molecule has 0 bridgehead atoms. The normalized spacial score (nSPS) is 9.25. The molecule has 1 rings (SSSR count). The molecule has 0 aromatic heterocycles. The van der Waals surface area contributed by atoms with E-state index in [9.17, 15) is 9.59 Å². The Bertz CT molecular complexity index is 446. The molecule has 0 N–H and O–H groups in total. The minimum atomic E-state index is -0.537. The number of nitriles is 1. The van der Waals surface area contributed by atoms with E-state index in [4.69, 9.17) is 5.26 Å². The standard InChI is InChI=1S/C12H11NO3/c1-16-12(15)10-6-2-4-9(5-3-7-14)11(10)8-13/h2,4,6-7H,3,5H2,1H3. The monoisotopic (exact) mass is 217 g/mol. The van der Waals surface area contributed by atoms with Crippen LogP contribution in [-0.4, -0.2) is 19.4 Å². The van der Waals surface area contributed by atoms with Crippen LogP contribution in [0.25, 0.3) is 0 Å². The van der Waals surface area contributed by atoms with E-state index < -0.39 is 5.97 Å². The first-order chi connectivity index (χ1) is 7.74. The van der Waals surface area contributed by atoms with Crippen molar-refractivity contribution in [1.29, 1.82) is 5.26 Å². The number of nitrogens with zero attached hydrogens (tertiary/aromatic N) is 1. The zero-order chi connectivity index (χ0) is 12.0. The fraction of sp³-hybridized carbons (Fsp3) is 0.250. The SMILES string of the molecule is COC(=O)c1cccc(CCC=O)c1C#N. The molecule has 0 atom stereocenters. The van der Waals surface area contributed by atoms with Gasteiger partial charge in [-0.2, -0.15) is 5.26 Å². The van der Waals surface area contributed by atoms with Crippen LogP contribution in [0.2, 0.25) is 0 Å². The van der Waals surface area contributed by atoms with Crippen LogP contribution in [0.5, 0.6) is 0 Å². The smallest absolute Gasteiger partial charge is 0.339 e. The molecule has 0 radical (unpaired) electrons. The highest BCUT2D eigenvalue weighted by Gasteiger charge is 2.14. The second-order valence-corrected chi connectivity index (χ2v) is 3.15. The lowest BCUT2D eigenvalue weighted by atomic mass is 9.99. The lowest BCUT2D eigenvalue weighted by molar-refractivity contribution is -0.107. The van der Waals surface area contributed by atoms with Gasteiger partial charge in [0.05, 0.1) is 18.2 Å². The third kappa shape index (κ3) is 2.45. The van der Waals surface area contributed by atoms with Gasteiger partial charge in [0, 0.05) is 6.42 Å². The maximum atomic E-state index is 11.4. The highest BCUT2D eigenvalue weighted by molar-refractivity contribution is 5.92. The number of rotatable bonds is 4. The quantitative estimate of drug-likeness (QED) is 0.565. The van der Waals surface area contributed by atoms with Crippen molar-refractivity contribution < 1.29 is 14.3 Å². The van der Waals surface area contributed by atoms with Crippen molar-refractivity contribution in [3.8, 4) is 6.07 Å². The van der Waals surface area contributed by atoms with E-state index >= 15 is 0 Å². The highest BCUT2D eigenvalue weighted by Crippen LogP contribution is 2.16. The van der Waals surface area contributed by atoms with Gasteiger partial charge in [0.15, 0.2) is 0 Å². The van der Waals surface area contributed by atoms with E-state index in [-0.39, 0.29) is 11.1 Å². The molecule has 1 aromatic carbocycles. The molecule has 0 aliphatic heterocycles. The first-order valence-corrected chi connectivity index (χ1v) is 4.78.